The summed E-state index contributed by atoms with van der Waals surface area (Å²) in [7, 11) is 1.70. The molecule has 22 heavy (non-hydrogen) atoms. The van der Waals surface area contributed by atoms with Crippen LogP contribution in [0.2, 0.25) is 0 Å². The van der Waals surface area contributed by atoms with Gasteiger partial charge in [0, 0.05) is 30.3 Å². The molecule has 4 nitrogen and oxygen atoms in total. The molecule has 5 heteroatoms. The van der Waals surface area contributed by atoms with Crippen LogP contribution < -0.4 is 4.74 Å². The third-order valence-corrected chi connectivity index (χ3v) is 4.00. The topological polar surface area (TPSA) is 48.5 Å². The van der Waals surface area contributed by atoms with Gasteiger partial charge < -0.3 is 19.7 Å². The van der Waals surface area contributed by atoms with Crippen molar-refractivity contribution in [1.82, 2.24) is 9.88 Å². The first kappa shape index (κ1) is 18.8. The lowest BCUT2D eigenvalue weighted by molar-refractivity contribution is 0.249. The van der Waals surface area contributed by atoms with E-state index in [-0.39, 0.29) is 12.4 Å². The second kappa shape index (κ2) is 9.72. The van der Waals surface area contributed by atoms with Crippen molar-refractivity contribution in [1.29, 1.82) is 0 Å². The van der Waals surface area contributed by atoms with Crippen LogP contribution in [0.5, 0.6) is 5.75 Å². The number of nitrogens with one attached hydrogen (secondary N) is 1. The zero-order chi connectivity index (χ0) is 15.1. The number of rotatable bonds is 9. The highest BCUT2D eigenvalue weighted by Gasteiger charge is 2.08. The Hall–Kier alpha value is -1.23. The molecule has 0 aliphatic carbocycles. The maximum absolute atomic E-state index is 8.87. The van der Waals surface area contributed by atoms with Crippen molar-refractivity contribution in [2.75, 3.05) is 33.4 Å². The quantitative estimate of drug-likeness (QED) is 0.695. The van der Waals surface area contributed by atoms with Gasteiger partial charge in [-0.1, -0.05) is 6.92 Å². The van der Waals surface area contributed by atoms with E-state index in [1.807, 2.05) is 6.07 Å². The predicted molar refractivity (Wildman–Crippen MR) is 94.2 cm³/mol. The van der Waals surface area contributed by atoms with Gasteiger partial charge in [0.2, 0.25) is 0 Å². The van der Waals surface area contributed by atoms with Gasteiger partial charge in [-0.25, -0.2) is 0 Å². The fraction of sp³-hybridized carbons (Fsp3) is 0.529. The minimum Gasteiger partial charge on any atom is -0.497 e. The Morgan fingerprint density at radius 1 is 1.23 bits per heavy atom. The Balaban J connectivity index is 0.00000242. The summed E-state index contributed by atoms with van der Waals surface area (Å²) in [4.78, 5) is 5.77. The van der Waals surface area contributed by atoms with Crippen molar-refractivity contribution in [3.63, 3.8) is 0 Å². The molecular formula is C17H27ClN2O2. The van der Waals surface area contributed by atoms with Gasteiger partial charge in [-0.05, 0) is 56.1 Å². The number of methoxy groups -OCH3 is 1. The lowest BCUT2D eigenvalue weighted by atomic mass is 10.1. The average molecular weight is 327 g/mol. The number of likely N-dealkylation sites (N-methyl/N-ethyl adjacent to an activating group) is 1. The van der Waals surface area contributed by atoms with Gasteiger partial charge >= 0.3 is 0 Å². The highest BCUT2D eigenvalue weighted by atomic mass is 35.5. The monoisotopic (exact) mass is 326 g/mol. The van der Waals surface area contributed by atoms with E-state index in [9.17, 15) is 0 Å². The molecule has 0 atom stereocenters. The molecule has 0 aliphatic heterocycles. The number of hydrogen-bond acceptors (Lipinski definition) is 3. The second-order valence-electron chi connectivity index (χ2n) is 5.34. The van der Waals surface area contributed by atoms with E-state index in [0.717, 1.165) is 50.2 Å². The predicted octanol–water partition coefficient (Wildman–Crippen LogP) is 3.24. The minimum atomic E-state index is 0. The number of aromatic nitrogens is 1. The maximum Gasteiger partial charge on any atom is 0.119 e. The molecule has 0 aliphatic rings. The molecule has 0 unspecified atom stereocenters. The summed E-state index contributed by atoms with van der Waals surface area (Å²) in [5, 5.41) is 10.1. The van der Waals surface area contributed by atoms with Crippen molar-refractivity contribution >= 4 is 23.3 Å². The molecule has 0 amide bonds. The van der Waals surface area contributed by atoms with Crippen LogP contribution in [-0.4, -0.2) is 48.3 Å². The van der Waals surface area contributed by atoms with Crippen LogP contribution in [0.1, 0.15) is 25.3 Å². The molecule has 1 aromatic heterocycles. The van der Waals surface area contributed by atoms with Crippen LogP contribution in [0, 0.1) is 0 Å². The molecule has 2 rings (SSSR count). The Labute approximate surface area is 138 Å². The third kappa shape index (κ3) is 4.90. The summed E-state index contributed by atoms with van der Waals surface area (Å²) in [6.07, 6.45) is 5.08. The van der Waals surface area contributed by atoms with Gasteiger partial charge in [-0.3, -0.25) is 0 Å². The number of nitrogens with zero attached hydrogens (tertiary/aromatic N) is 1. The summed E-state index contributed by atoms with van der Waals surface area (Å²) in [5.41, 5.74) is 2.50. The van der Waals surface area contributed by atoms with E-state index in [2.05, 4.69) is 35.1 Å². The zero-order valence-electron chi connectivity index (χ0n) is 13.5. The highest BCUT2D eigenvalue weighted by molar-refractivity contribution is 5.85. The summed E-state index contributed by atoms with van der Waals surface area (Å²) in [5.74, 6) is 0.902. The average Bonchev–Trinajstić information content (AvgIpc) is 2.93. The molecule has 0 radical (unpaired) electrons. The van der Waals surface area contributed by atoms with Gasteiger partial charge in [0.25, 0.3) is 0 Å². The van der Waals surface area contributed by atoms with Crippen LogP contribution in [0.25, 0.3) is 10.9 Å². The third-order valence-electron chi connectivity index (χ3n) is 4.00. The molecule has 124 valence electrons. The number of aromatic amines is 1. The number of ether oxygens (including phenoxy) is 1. The van der Waals surface area contributed by atoms with Gasteiger partial charge in [0.15, 0.2) is 0 Å². The summed E-state index contributed by atoms with van der Waals surface area (Å²) < 4.78 is 5.31. The normalized spacial score (nSPS) is 10.9. The lowest BCUT2D eigenvalue weighted by Gasteiger charge is -2.19. The van der Waals surface area contributed by atoms with Gasteiger partial charge in [0.05, 0.1) is 7.11 Å². The molecule has 2 aromatic rings. The van der Waals surface area contributed by atoms with E-state index < -0.39 is 0 Å². The van der Waals surface area contributed by atoms with Gasteiger partial charge in [-0.2, -0.15) is 0 Å². The van der Waals surface area contributed by atoms with Gasteiger partial charge in [-0.15, -0.1) is 12.4 Å². The van der Waals surface area contributed by atoms with E-state index >= 15 is 0 Å². The first-order valence-corrected chi connectivity index (χ1v) is 7.75. The Morgan fingerprint density at radius 2 is 2.05 bits per heavy atom. The first-order chi connectivity index (χ1) is 10.3. The molecule has 1 aromatic carbocycles. The second-order valence-corrected chi connectivity index (χ2v) is 5.34. The van der Waals surface area contributed by atoms with Crippen molar-refractivity contribution in [2.45, 2.75) is 26.2 Å². The van der Waals surface area contributed by atoms with E-state index in [0.29, 0.717) is 6.61 Å². The fourth-order valence-corrected chi connectivity index (χ4v) is 2.65. The number of halogens is 1. The number of benzene rings is 1. The highest BCUT2D eigenvalue weighted by Crippen LogP contribution is 2.24. The minimum absolute atomic E-state index is 0. The Kier molecular flexibility index (Phi) is 8.31. The molecule has 0 spiro atoms. The van der Waals surface area contributed by atoms with Crippen LogP contribution in [0.4, 0.5) is 0 Å². The van der Waals surface area contributed by atoms with Crippen molar-refractivity contribution in [3.8, 4) is 5.75 Å². The number of H-pyrrole nitrogens is 1. The van der Waals surface area contributed by atoms with Crippen molar-refractivity contribution < 1.29 is 9.84 Å². The van der Waals surface area contributed by atoms with E-state index in [1.165, 1.54) is 10.9 Å². The van der Waals surface area contributed by atoms with E-state index in [4.69, 9.17) is 9.84 Å². The van der Waals surface area contributed by atoms with E-state index in [1.54, 1.807) is 7.11 Å². The number of hydrogen-bond donors (Lipinski definition) is 2. The fourth-order valence-electron chi connectivity index (χ4n) is 2.65. The molecule has 1 heterocycles. The van der Waals surface area contributed by atoms with Crippen molar-refractivity contribution in [3.05, 3.63) is 30.0 Å². The summed E-state index contributed by atoms with van der Waals surface area (Å²) >= 11 is 0. The van der Waals surface area contributed by atoms with Crippen molar-refractivity contribution in [2.24, 2.45) is 0 Å². The summed E-state index contributed by atoms with van der Waals surface area (Å²) in [6, 6.07) is 6.15. The lowest BCUT2D eigenvalue weighted by Crippen LogP contribution is -2.27. The molecular weight excluding hydrogens is 300 g/mol. The smallest absolute Gasteiger partial charge is 0.119 e. The Morgan fingerprint density at radius 3 is 2.73 bits per heavy atom. The van der Waals surface area contributed by atoms with Gasteiger partial charge in [0.1, 0.15) is 5.75 Å². The number of aliphatic hydroxyl groups is 1. The van der Waals surface area contributed by atoms with Crippen LogP contribution >= 0.6 is 12.4 Å². The first-order valence-electron chi connectivity index (χ1n) is 7.75. The maximum atomic E-state index is 8.87. The number of aliphatic hydroxyl groups excluding tert-OH is 1. The molecule has 0 fully saturated rings. The zero-order valence-corrected chi connectivity index (χ0v) is 14.3. The molecule has 0 saturated heterocycles. The van der Waals surface area contributed by atoms with Crippen LogP contribution in [0.15, 0.2) is 24.4 Å². The number of unbranched alkanes of at least 4 members (excludes halogenated alkanes) is 1. The largest absolute Gasteiger partial charge is 0.497 e. The molecule has 0 saturated carbocycles. The SMILES string of the molecule is CCN(CCCCO)CCc1c[nH]c2ccc(OC)cc12.Cl. The van der Waals surface area contributed by atoms with Crippen LogP contribution in [0.3, 0.4) is 0 Å². The molecule has 2 N–H and O–H groups in total. The summed E-state index contributed by atoms with van der Waals surface area (Å²) in [6.45, 7) is 5.64. The van der Waals surface area contributed by atoms with Crippen LogP contribution in [-0.2, 0) is 6.42 Å². The Bertz CT molecular complexity index is 557. The standard InChI is InChI=1S/C17H26N2O2.ClH/c1-3-19(9-4-5-11-20)10-8-14-13-18-17-7-6-15(21-2)12-16(14)17;/h6-7,12-13,18,20H,3-5,8-11H2,1-2H3;1H. The number of fused-ring (bicyclic) bond motifs is 1. The molecule has 0 bridgehead atoms.